The summed E-state index contributed by atoms with van der Waals surface area (Å²) in [7, 11) is 1.65. The van der Waals surface area contributed by atoms with Crippen LogP contribution in [0.2, 0.25) is 0 Å². The number of nitrogens with two attached hydrogens (primary N) is 1. The van der Waals surface area contributed by atoms with E-state index in [1.807, 2.05) is 23.1 Å². The first-order valence-corrected chi connectivity index (χ1v) is 13.6. The van der Waals surface area contributed by atoms with E-state index in [2.05, 4.69) is 0 Å². The lowest BCUT2D eigenvalue weighted by molar-refractivity contribution is -0.142. The van der Waals surface area contributed by atoms with Crippen LogP contribution in [0.1, 0.15) is 64.7 Å². The van der Waals surface area contributed by atoms with Gasteiger partial charge in [-0.05, 0) is 63.5 Å². The van der Waals surface area contributed by atoms with Crippen LogP contribution >= 0.6 is 0 Å². The summed E-state index contributed by atoms with van der Waals surface area (Å²) in [5.74, 6) is 0.107. The van der Waals surface area contributed by atoms with Crippen LogP contribution in [0.3, 0.4) is 0 Å². The van der Waals surface area contributed by atoms with E-state index in [1.54, 1.807) is 26.2 Å². The molecule has 36 heavy (non-hydrogen) atoms. The van der Waals surface area contributed by atoms with E-state index in [0.717, 1.165) is 25.7 Å². The molecule has 2 fully saturated rings. The lowest BCUT2D eigenvalue weighted by atomic mass is 9.74. The Balaban J connectivity index is 1.76. The number of halogens is 1. The number of hydrogen-bond acceptors (Lipinski definition) is 6. The van der Waals surface area contributed by atoms with Gasteiger partial charge in [0.1, 0.15) is 18.0 Å². The average Bonchev–Trinajstić information content (AvgIpc) is 3.24. The molecule has 0 bridgehead atoms. The van der Waals surface area contributed by atoms with E-state index >= 15 is 4.39 Å². The molecule has 1 aliphatic carbocycles. The van der Waals surface area contributed by atoms with Gasteiger partial charge in [0.2, 0.25) is 5.91 Å². The lowest BCUT2D eigenvalue weighted by Crippen LogP contribution is -2.53. The van der Waals surface area contributed by atoms with Crippen molar-refractivity contribution in [2.45, 2.75) is 94.7 Å². The largest absolute Gasteiger partial charge is 0.487 e. The highest BCUT2D eigenvalue weighted by molar-refractivity contribution is 5.79. The predicted molar refractivity (Wildman–Crippen MR) is 137 cm³/mol. The van der Waals surface area contributed by atoms with Crippen molar-refractivity contribution in [1.82, 2.24) is 4.90 Å². The number of carbonyl (C=O) groups excluding carboxylic acids is 1. The van der Waals surface area contributed by atoms with Crippen LogP contribution < -0.4 is 10.5 Å². The van der Waals surface area contributed by atoms with E-state index in [4.69, 9.17) is 15.2 Å². The normalized spacial score (nSPS) is 27.9. The zero-order valence-corrected chi connectivity index (χ0v) is 21.9. The molecule has 1 heterocycles. The summed E-state index contributed by atoms with van der Waals surface area (Å²) in [5, 5.41) is 22.1. The second-order valence-corrected chi connectivity index (χ2v) is 10.7. The first-order valence-electron chi connectivity index (χ1n) is 13.6. The van der Waals surface area contributed by atoms with Crippen LogP contribution in [0.5, 0.6) is 5.75 Å². The number of amides is 1. The Bertz CT molecular complexity index is 789. The number of rotatable bonds is 13. The van der Waals surface area contributed by atoms with Crippen LogP contribution in [0.25, 0.3) is 0 Å². The zero-order valence-electron chi connectivity index (χ0n) is 21.9. The van der Waals surface area contributed by atoms with E-state index in [1.165, 1.54) is 0 Å². The summed E-state index contributed by atoms with van der Waals surface area (Å²) >= 11 is 0. The highest BCUT2D eigenvalue weighted by Crippen LogP contribution is 2.38. The summed E-state index contributed by atoms with van der Waals surface area (Å²) in [5.41, 5.74) is 4.77. The molecule has 1 saturated heterocycles. The molecule has 0 aromatic heterocycles. The second kappa shape index (κ2) is 13.7. The van der Waals surface area contributed by atoms with Crippen molar-refractivity contribution in [3.05, 3.63) is 30.3 Å². The first kappa shape index (κ1) is 28.8. The van der Waals surface area contributed by atoms with Crippen LogP contribution in [-0.2, 0) is 9.53 Å². The SMILES string of the molecule is CCC(F)C(C[C@@](O)(CCCCOC)[C@@H]1CCCN(C(=O)[C@H]2C[C@@H](N)[C@@H](O)C2)C1)Oc1ccccc1. The molecule has 2 unspecified atom stereocenters. The molecule has 3 rings (SSSR count). The second-order valence-electron chi connectivity index (χ2n) is 10.7. The predicted octanol–water partition coefficient (Wildman–Crippen LogP) is 3.46. The Morgan fingerprint density at radius 1 is 1.28 bits per heavy atom. The Hall–Kier alpha value is -1.74. The van der Waals surface area contributed by atoms with Crippen molar-refractivity contribution in [2.24, 2.45) is 17.6 Å². The number of likely N-dealkylation sites (tertiary alicyclic amines) is 1. The topological polar surface area (TPSA) is 105 Å². The zero-order chi connectivity index (χ0) is 26.1. The Labute approximate surface area is 215 Å². The molecule has 0 radical (unpaired) electrons. The third kappa shape index (κ3) is 7.63. The monoisotopic (exact) mass is 508 g/mol. The molecule has 1 aromatic rings. The maximum atomic E-state index is 15.1. The summed E-state index contributed by atoms with van der Waals surface area (Å²) in [6, 6.07) is 8.80. The number of alkyl halides is 1. The summed E-state index contributed by atoms with van der Waals surface area (Å²) in [6.07, 6.45) is 2.20. The summed E-state index contributed by atoms with van der Waals surface area (Å²) < 4.78 is 26.4. The fourth-order valence-electron chi connectivity index (χ4n) is 5.80. The van der Waals surface area contributed by atoms with Gasteiger partial charge in [-0.2, -0.15) is 0 Å². The van der Waals surface area contributed by atoms with Gasteiger partial charge in [-0.1, -0.05) is 25.1 Å². The maximum Gasteiger partial charge on any atom is 0.225 e. The Kier molecular flexibility index (Phi) is 11.0. The first-order chi connectivity index (χ1) is 17.3. The molecule has 0 spiro atoms. The number of ether oxygens (including phenoxy) is 2. The van der Waals surface area contributed by atoms with E-state index in [-0.39, 0.29) is 36.6 Å². The molecule has 4 N–H and O–H groups in total. The Morgan fingerprint density at radius 3 is 2.67 bits per heavy atom. The molecule has 7 nitrogen and oxygen atoms in total. The van der Waals surface area contributed by atoms with Crippen molar-refractivity contribution in [3.8, 4) is 5.75 Å². The van der Waals surface area contributed by atoms with Crippen molar-refractivity contribution < 1.29 is 28.9 Å². The standard InChI is InChI=1S/C28H45FN2O5/c1-3-23(29)26(36-22-11-5-4-6-12-22)18-28(34,13-7-8-15-35-2)21-10-9-14-31(19-21)27(33)20-16-24(30)25(32)17-20/h4-6,11-12,20-21,23-26,32,34H,3,7-10,13-19,30H2,1-2H3/t20-,21+,23?,24+,25-,26?,28-/m0/s1. The van der Waals surface area contributed by atoms with Crippen LogP contribution in [-0.4, -0.2) is 77.8 Å². The molecule has 1 aromatic carbocycles. The number of para-hydroxylation sites is 1. The van der Waals surface area contributed by atoms with Gasteiger partial charge in [0, 0.05) is 51.1 Å². The molecule has 7 atom stereocenters. The number of methoxy groups -OCH3 is 1. The number of hydrogen-bond donors (Lipinski definition) is 3. The van der Waals surface area contributed by atoms with Gasteiger partial charge in [0.25, 0.3) is 0 Å². The highest BCUT2D eigenvalue weighted by Gasteiger charge is 2.45. The Morgan fingerprint density at radius 2 is 2.03 bits per heavy atom. The number of nitrogens with zero attached hydrogens (tertiary/aromatic N) is 1. The number of piperidine rings is 1. The fraction of sp³-hybridized carbons (Fsp3) is 0.750. The number of benzene rings is 1. The number of unbranched alkanes of at least 4 members (excludes halogenated alkanes) is 1. The molecule has 1 aliphatic heterocycles. The van der Waals surface area contributed by atoms with Gasteiger partial charge in [-0.15, -0.1) is 0 Å². The molecular formula is C28H45FN2O5. The number of aliphatic hydroxyl groups excluding tert-OH is 1. The van der Waals surface area contributed by atoms with Gasteiger partial charge in [-0.3, -0.25) is 4.79 Å². The molecule has 2 aliphatic rings. The van der Waals surface area contributed by atoms with Crippen LogP contribution in [0, 0.1) is 11.8 Å². The average molecular weight is 509 g/mol. The molecule has 204 valence electrons. The summed E-state index contributed by atoms with van der Waals surface area (Å²) in [6.45, 7) is 3.43. The minimum atomic E-state index is -1.22. The molecule has 1 amide bonds. The van der Waals surface area contributed by atoms with E-state index in [9.17, 15) is 15.0 Å². The third-order valence-corrected chi connectivity index (χ3v) is 8.01. The molecule has 8 heteroatoms. The number of carbonyl (C=O) groups is 1. The summed E-state index contributed by atoms with van der Waals surface area (Å²) in [4.78, 5) is 15.1. The van der Waals surface area contributed by atoms with Crippen LogP contribution in [0.15, 0.2) is 30.3 Å². The van der Waals surface area contributed by atoms with Gasteiger partial charge in [0.05, 0.1) is 11.7 Å². The van der Waals surface area contributed by atoms with Crippen molar-refractivity contribution in [1.29, 1.82) is 0 Å². The van der Waals surface area contributed by atoms with Crippen molar-refractivity contribution in [3.63, 3.8) is 0 Å². The van der Waals surface area contributed by atoms with Crippen molar-refractivity contribution in [2.75, 3.05) is 26.8 Å². The van der Waals surface area contributed by atoms with Gasteiger partial charge in [-0.25, -0.2) is 4.39 Å². The van der Waals surface area contributed by atoms with Gasteiger partial charge >= 0.3 is 0 Å². The smallest absolute Gasteiger partial charge is 0.225 e. The molecular weight excluding hydrogens is 463 g/mol. The lowest BCUT2D eigenvalue weighted by Gasteiger charge is -2.44. The van der Waals surface area contributed by atoms with Gasteiger partial charge in [0.15, 0.2) is 0 Å². The number of aliphatic hydroxyl groups is 2. The minimum absolute atomic E-state index is 0.00226. The third-order valence-electron chi connectivity index (χ3n) is 8.01. The van der Waals surface area contributed by atoms with Gasteiger partial charge < -0.3 is 30.3 Å². The van der Waals surface area contributed by atoms with Crippen LogP contribution in [0.4, 0.5) is 4.39 Å². The van der Waals surface area contributed by atoms with E-state index in [0.29, 0.717) is 44.7 Å². The van der Waals surface area contributed by atoms with E-state index < -0.39 is 24.0 Å². The quantitative estimate of drug-likeness (QED) is 0.353. The maximum absolute atomic E-state index is 15.1. The van der Waals surface area contributed by atoms with Crippen molar-refractivity contribution >= 4 is 5.91 Å². The highest BCUT2D eigenvalue weighted by atomic mass is 19.1. The fourth-order valence-corrected chi connectivity index (χ4v) is 5.80. The minimum Gasteiger partial charge on any atom is -0.487 e. The molecule has 1 saturated carbocycles.